The second-order valence-electron chi connectivity index (χ2n) is 9.64. The molecule has 2 amide bonds. The van der Waals surface area contributed by atoms with Gasteiger partial charge in [-0.15, -0.1) is 11.3 Å². The quantitative estimate of drug-likeness (QED) is 0.472. The zero-order valence-electron chi connectivity index (χ0n) is 21.8. The first kappa shape index (κ1) is 29.1. The summed E-state index contributed by atoms with van der Waals surface area (Å²) in [6, 6.07) is 15.9. The third-order valence-corrected chi connectivity index (χ3v) is 7.82. The number of benzene rings is 1. The molecule has 3 aromatic rings. The Labute approximate surface area is 233 Å². The summed E-state index contributed by atoms with van der Waals surface area (Å²) in [5.41, 5.74) is 3.17. The molecule has 1 saturated heterocycles. The van der Waals surface area contributed by atoms with Gasteiger partial charge in [0.15, 0.2) is 0 Å². The van der Waals surface area contributed by atoms with E-state index in [1.54, 1.807) is 4.90 Å². The van der Waals surface area contributed by atoms with Crippen molar-refractivity contribution in [3.8, 4) is 0 Å². The number of thiophene rings is 1. The van der Waals surface area contributed by atoms with E-state index >= 15 is 0 Å². The Morgan fingerprint density at radius 3 is 2.27 bits per heavy atom. The second kappa shape index (κ2) is 12.5. The molecule has 1 N–H and O–H groups in total. The van der Waals surface area contributed by atoms with E-state index in [4.69, 9.17) is 9.90 Å². The van der Waals surface area contributed by atoms with Gasteiger partial charge in [-0.25, -0.2) is 4.79 Å². The predicted octanol–water partition coefficient (Wildman–Crippen LogP) is 4.99. The minimum absolute atomic E-state index is 0.00172. The number of aliphatic carboxylic acids is 1. The number of carbonyl (C=O) groups excluding carboxylic acids is 2. The minimum atomic E-state index is -5.08. The van der Waals surface area contributed by atoms with Crippen LogP contribution in [0.4, 0.5) is 24.5 Å². The normalized spacial score (nSPS) is 16.1. The maximum atomic E-state index is 13.4. The molecule has 0 aliphatic carbocycles. The fraction of sp³-hybridized carbons (Fsp3) is 0.357. The van der Waals surface area contributed by atoms with E-state index in [9.17, 15) is 22.8 Å². The lowest BCUT2D eigenvalue weighted by Crippen LogP contribution is -2.44. The summed E-state index contributed by atoms with van der Waals surface area (Å²) >= 11 is 1.48. The molecule has 212 valence electrons. The number of anilines is 2. The lowest BCUT2D eigenvalue weighted by Gasteiger charge is -2.36. The van der Waals surface area contributed by atoms with Crippen molar-refractivity contribution in [1.82, 2.24) is 9.88 Å². The average molecular weight is 575 g/mol. The zero-order chi connectivity index (χ0) is 28.9. The lowest BCUT2D eigenvalue weighted by molar-refractivity contribution is -0.192. The van der Waals surface area contributed by atoms with Gasteiger partial charge in [0.2, 0.25) is 5.91 Å². The first-order valence-corrected chi connectivity index (χ1v) is 13.5. The van der Waals surface area contributed by atoms with Crippen molar-refractivity contribution in [3.05, 3.63) is 76.2 Å². The molecule has 4 heterocycles. The number of piperidine rings is 1. The van der Waals surface area contributed by atoms with Gasteiger partial charge in [0, 0.05) is 54.8 Å². The van der Waals surface area contributed by atoms with E-state index in [-0.39, 0.29) is 18.4 Å². The van der Waals surface area contributed by atoms with Gasteiger partial charge >= 0.3 is 12.1 Å². The molecule has 1 fully saturated rings. The monoisotopic (exact) mass is 574 g/mol. The highest BCUT2D eigenvalue weighted by molar-refractivity contribution is 7.13. The Bertz CT molecular complexity index is 1340. The largest absolute Gasteiger partial charge is 0.490 e. The van der Waals surface area contributed by atoms with Crippen molar-refractivity contribution in [2.75, 3.05) is 36.0 Å². The third-order valence-electron chi connectivity index (χ3n) is 6.83. The third kappa shape index (κ3) is 7.17. The maximum absolute atomic E-state index is 13.4. The number of nitrogens with zero attached hydrogens (tertiary/aromatic N) is 4. The SMILES string of the molecule is Cc1ccc(C(=O)N2CC(=O)N(CC3CCN(c4ccncc4)CC3)c3ccccc3C2)s1.O=C(O)C(F)(F)F. The van der Waals surface area contributed by atoms with Crippen LogP contribution < -0.4 is 9.80 Å². The van der Waals surface area contributed by atoms with Gasteiger partial charge in [0.1, 0.15) is 6.54 Å². The Morgan fingerprint density at radius 1 is 1.02 bits per heavy atom. The van der Waals surface area contributed by atoms with E-state index in [2.05, 4.69) is 22.0 Å². The second-order valence-corrected chi connectivity index (χ2v) is 10.9. The molecular formula is C28H29F3N4O4S. The molecule has 12 heteroatoms. The van der Waals surface area contributed by atoms with E-state index in [1.165, 1.54) is 17.0 Å². The van der Waals surface area contributed by atoms with Gasteiger partial charge < -0.3 is 19.8 Å². The Kier molecular flexibility index (Phi) is 9.08. The number of hydrogen-bond acceptors (Lipinski definition) is 6. The van der Waals surface area contributed by atoms with Crippen molar-refractivity contribution in [2.45, 2.75) is 32.5 Å². The maximum Gasteiger partial charge on any atom is 0.490 e. The van der Waals surface area contributed by atoms with Gasteiger partial charge in [-0.05, 0) is 61.6 Å². The number of pyridine rings is 1. The van der Waals surface area contributed by atoms with Crippen LogP contribution in [0.2, 0.25) is 0 Å². The molecule has 2 aliphatic rings. The van der Waals surface area contributed by atoms with Crippen LogP contribution in [0, 0.1) is 12.8 Å². The highest BCUT2D eigenvalue weighted by Crippen LogP contribution is 2.30. The number of carboxylic acid groups (broad SMARTS) is 1. The average Bonchev–Trinajstić information content (AvgIpc) is 3.32. The number of halogens is 3. The van der Waals surface area contributed by atoms with Crippen molar-refractivity contribution in [2.24, 2.45) is 5.92 Å². The van der Waals surface area contributed by atoms with Crippen molar-refractivity contribution < 1.29 is 32.7 Å². The summed E-state index contributed by atoms with van der Waals surface area (Å²) in [5, 5.41) is 7.12. The van der Waals surface area contributed by atoms with Crippen LogP contribution in [0.5, 0.6) is 0 Å². The van der Waals surface area contributed by atoms with Crippen LogP contribution in [0.1, 0.15) is 33.0 Å². The smallest absolute Gasteiger partial charge is 0.475 e. The molecular weight excluding hydrogens is 545 g/mol. The standard InChI is InChI=1S/C26H28N4O2S.C2HF3O2/c1-19-6-7-24(33-19)26(32)29-17-21-4-2-3-5-23(21)30(25(31)18-29)16-20-10-14-28(15-11-20)22-8-12-27-13-9-22;3-2(4,5)1(6)7/h2-9,12-13,20H,10-11,14-18H2,1H3;(H,6,7). The number of carbonyl (C=O) groups is 3. The molecule has 0 bridgehead atoms. The van der Waals surface area contributed by atoms with Crippen molar-refractivity contribution in [1.29, 1.82) is 0 Å². The lowest BCUT2D eigenvalue weighted by atomic mass is 9.95. The van der Waals surface area contributed by atoms with Crippen LogP contribution >= 0.6 is 11.3 Å². The van der Waals surface area contributed by atoms with Crippen LogP contribution in [0.15, 0.2) is 60.9 Å². The Balaban J connectivity index is 0.000000470. The van der Waals surface area contributed by atoms with Gasteiger partial charge in [-0.1, -0.05) is 18.2 Å². The van der Waals surface area contributed by atoms with Gasteiger partial charge in [-0.2, -0.15) is 13.2 Å². The van der Waals surface area contributed by atoms with E-state index in [0.29, 0.717) is 23.9 Å². The van der Waals surface area contributed by atoms with Crippen LogP contribution in [-0.4, -0.2) is 65.1 Å². The molecule has 2 aliphatic heterocycles. The molecule has 8 nitrogen and oxygen atoms in total. The van der Waals surface area contributed by atoms with Crippen LogP contribution in [0.3, 0.4) is 0 Å². The molecule has 0 atom stereocenters. The number of amides is 2. The summed E-state index contributed by atoms with van der Waals surface area (Å²) in [6.45, 7) is 5.20. The fourth-order valence-electron chi connectivity index (χ4n) is 4.79. The summed E-state index contributed by atoms with van der Waals surface area (Å²) in [7, 11) is 0. The van der Waals surface area contributed by atoms with Crippen molar-refractivity contribution in [3.63, 3.8) is 0 Å². The molecule has 2 aromatic heterocycles. The first-order chi connectivity index (χ1) is 19.0. The minimum Gasteiger partial charge on any atom is -0.475 e. The molecule has 0 unspecified atom stereocenters. The number of alkyl halides is 3. The first-order valence-electron chi connectivity index (χ1n) is 12.7. The van der Waals surface area contributed by atoms with Crippen LogP contribution in [-0.2, 0) is 16.1 Å². The van der Waals surface area contributed by atoms with Crippen LogP contribution in [0.25, 0.3) is 0 Å². The topological polar surface area (TPSA) is 94.1 Å². The van der Waals surface area contributed by atoms with Gasteiger partial charge in [0.05, 0.1) is 4.88 Å². The Morgan fingerprint density at radius 2 is 1.68 bits per heavy atom. The number of aromatic nitrogens is 1. The van der Waals surface area contributed by atoms with E-state index < -0.39 is 12.1 Å². The molecule has 5 rings (SSSR count). The molecule has 0 spiro atoms. The number of para-hydroxylation sites is 1. The Hall–Kier alpha value is -3.93. The fourth-order valence-corrected chi connectivity index (χ4v) is 5.62. The number of rotatable bonds is 4. The summed E-state index contributed by atoms with van der Waals surface area (Å²) in [5.74, 6) is -2.39. The zero-order valence-corrected chi connectivity index (χ0v) is 22.6. The van der Waals surface area contributed by atoms with Gasteiger partial charge in [0.25, 0.3) is 5.91 Å². The summed E-state index contributed by atoms with van der Waals surface area (Å²) in [4.78, 5) is 47.4. The van der Waals surface area contributed by atoms with Crippen molar-refractivity contribution >= 4 is 40.5 Å². The molecule has 1 aromatic carbocycles. The van der Waals surface area contributed by atoms with E-state index in [0.717, 1.165) is 42.1 Å². The number of fused-ring (bicyclic) bond motifs is 1. The molecule has 0 saturated carbocycles. The number of carboxylic acids is 1. The summed E-state index contributed by atoms with van der Waals surface area (Å²) in [6.07, 6.45) is 0.647. The highest BCUT2D eigenvalue weighted by atomic mass is 32.1. The highest BCUT2D eigenvalue weighted by Gasteiger charge is 2.38. The van der Waals surface area contributed by atoms with Gasteiger partial charge in [-0.3, -0.25) is 14.6 Å². The predicted molar refractivity (Wildman–Crippen MR) is 145 cm³/mol. The molecule has 40 heavy (non-hydrogen) atoms. The molecule has 0 radical (unpaired) electrons. The van der Waals surface area contributed by atoms with E-state index in [1.807, 2.05) is 60.6 Å². The number of hydrogen-bond donors (Lipinski definition) is 1. The number of aryl methyl sites for hydroxylation is 1. The summed E-state index contributed by atoms with van der Waals surface area (Å²) < 4.78 is 31.7.